The fourth-order valence-corrected chi connectivity index (χ4v) is 1.35. The van der Waals surface area contributed by atoms with Crippen LogP contribution in [0.25, 0.3) is 0 Å². The normalized spacial score (nSPS) is 10.2. The molecule has 0 amide bonds. The van der Waals surface area contributed by atoms with Gasteiger partial charge in [-0.3, -0.25) is 0 Å². The van der Waals surface area contributed by atoms with E-state index in [1.807, 2.05) is 0 Å². The van der Waals surface area contributed by atoms with Crippen LogP contribution in [-0.4, -0.2) is 11.5 Å². The zero-order valence-corrected chi connectivity index (χ0v) is 8.22. The quantitative estimate of drug-likeness (QED) is 0.447. The molecule has 0 fully saturated rings. The lowest BCUT2D eigenvalue weighted by Gasteiger charge is -1.97. The van der Waals surface area contributed by atoms with Crippen LogP contribution in [0.1, 0.15) is 38.5 Å². The van der Waals surface area contributed by atoms with Crippen LogP contribution in [0.3, 0.4) is 0 Å². The molecule has 0 unspecified atom stereocenters. The highest BCUT2D eigenvalue weighted by Crippen LogP contribution is 2.05. The average Bonchev–Trinajstić information content (AvgIpc) is 1.97. The van der Waals surface area contributed by atoms with Crippen molar-refractivity contribution in [1.82, 2.24) is 0 Å². The minimum absolute atomic E-state index is 0.937. The number of rotatable bonds is 7. The van der Waals surface area contributed by atoms with Crippen LogP contribution in [0.4, 0.5) is 0 Å². The van der Waals surface area contributed by atoms with Gasteiger partial charge in [0.25, 0.3) is 0 Å². The van der Waals surface area contributed by atoms with Crippen molar-refractivity contribution < 1.29 is 0 Å². The van der Waals surface area contributed by atoms with Crippen molar-refractivity contribution in [2.24, 2.45) is 0 Å². The van der Waals surface area contributed by atoms with E-state index in [0.29, 0.717) is 0 Å². The first-order valence-electron chi connectivity index (χ1n) is 4.10. The second-order valence-corrected chi connectivity index (χ2v) is 3.40. The van der Waals surface area contributed by atoms with Gasteiger partial charge >= 0.3 is 0 Å². The molecule has 0 aliphatic rings. The zero-order chi connectivity index (χ0) is 7.66. The molecular formula is C8H17S2. The molecule has 0 spiro atoms. The smallest absolute Gasteiger partial charge is 0.00369 e. The van der Waals surface area contributed by atoms with Crippen molar-refractivity contribution in [1.29, 1.82) is 0 Å². The van der Waals surface area contributed by atoms with E-state index < -0.39 is 0 Å². The lowest BCUT2D eigenvalue weighted by atomic mass is 10.1. The standard InChI is InChI=1S/C8H17S2/c9-7-5-3-1-2-4-6-8-10/h9H,1-8H2. The van der Waals surface area contributed by atoms with Crippen LogP contribution in [0.5, 0.6) is 0 Å². The Morgan fingerprint density at radius 2 is 1.30 bits per heavy atom. The van der Waals surface area contributed by atoms with Crippen LogP contribution in [0.2, 0.25) is 0 Å². The minimum atomic E-state index is 0.937. The van der Waals surface area contributed by atoms with E-state index in [-0.39, 0.29) is 0 Å². The molecule has 0 aromatic carbocycles. The number of thiol groups is 1. The van der Waals surface area contributed by atoms with Crippen LogP contribution in [0, 0.1) is 0 Å². The van der Waals surface area contributed by atoms with Gasteiger partial charge in [0, 0.05) is 5.75 Å². The summed E-state index contributed by atoms with van der Waals surface area (Å²) in [6.07, 6.45) is 7.92. The summed E-state index contributed by atoms with van der Waals surface area (Å²) in [6.45, 7) is 0. The SMILES string of the molecule is [S]CCCCCCCCS. The molecule has 0 bridgehead atoms. The first-order valence-corrected chi connectivity index (χ1v) is 5.31. The van der Waals surface area contributed by atoms with Gasteiger partial charge in [-0.15, -0.1) is 0 Å². The maximum absolute atomic E-state index is 4.84. The summed E-state index contributed by atoms with van der Waals surface area (Å²) < 4.78 is 0. The highest BCUT2D eigenvalue weighted by atomic mass is 32.1. The van der Waals surface area contributed by atoms with E-state index in [4.69, 9.17) is 12.6 Å². The van der Waals surface area contributed by atoms with E-state index in [0.717, 1.165) is 11.5 Å². The molecule has 0 aliphatic heterocycles. The third-order valence-corrected chi connectivity index (χ3v) is 2.16. The first kappa shape index (κ1) is 10.7. The molecule has 1 radical (unpaired) electrons. The number of unbranched alkanes of at least 4 members (excludes halogenated alkanes) is 5. The second kappa shape index (κ2) is 9.70. The van der Waals surface area contributed by atoms with Gasteiger partial charge in [-0.25, -0.2) is 0 Å². The third kappa shape index (κ3) is 8.70. The van der Waals surface area contributed by atoms with Gasteiger partial charge in [-0.1, -0.05) is 38.3 Å². The summed E-state index contributed by atoms with van der Waals surface area (Å²) in [5.74, 6) is 1.98. The van der Waals surface area contributed by atoms with Crippen LogP contribution in [-0.2, 0) is 0 Å². The van der Waals surface area contributed by atoms with Crippen LogP contribution < -0.4 is 0 Å². The monoisotopic (exact) mass is 177 g/mol. The fraction of sp³-hybridized carbons (Fsp3) is 1.00. The maximum Gasteiger partial charge on any atom is 0.00369 e. The largest absolute Gasteiger partial charge is 0.179 e. The molecule has 61 valence electrons. The molecule has 0 aromatic heterocycles. The molecule has 0 rings (SSSR count). The van der Waals surface area contributed by atoms with E-state index >= 15 is 0 Å². The Balaban J connectivity index is 2.65. The van der Waals surface area contributed by atoms with E-state index in [9.17, 15) is 0 Å². The van der Waals surface area contributed by atoms with E-state index in [1.54, 1.807) is 0 Å². The van der Waals surface area contributed by atoms with Crippen LogP contribution in [0.15, 0.2) is 0 Å². The highest BCUT2D eigenvalue weighted by Gasteiger charge is 1.88. The molecule has 0 aliphatic carbocycles. The van der Waals surface area contributed by atoms with Crippen molar-refractivity contribution in [2.45, 2.75) is 38.5 Å². The predicted octanol–water partition coefficient (Wildman–Crippen LogP) is 3.45. The third-order valence-electron chi connectivity index (χ3n) is 1.55. The van der Waals surface area contributed by atoms with E-state index in [2.05, 4.69) is 12.6 Å². The number of hydrogen-bond donors (Lipinski definition) is 1. The second-order valence-electron chi connectivity index (χ2n) is 2.55. The number of hydrogen-bond acceptors (Lipinski definition) is 1. The Kier molecular flexibility index (Phi) is 10.4. The Morgan fingerprint density at radius 3 is 1.80 bits per heavy atom. The lowest BCUT2D eigenvalue weighted by Crippen LogP contribution is -1.81. The van der Waals surface area contributed by atoms with Crippen molar-refractivity contribution in [3.63, 3.8) is 0 Å². The molecule has 0 N–H and O–H groups in total. The van der Waals surface area contributed by atoms with E-state index in [1.165, 1.54) is 38.5 Å². The molecular weight excluding hydrogens is 160 g/mol. The maximum atomic E-state index is 4.84. The summed E-state index contributed by atoms with van der Waals surface area (Å²) >= 11 is 8.99. The van der Waals surface area contributed by atoms with Gasteiger partial charge < -0.3 is 0 Å². The Hall–Kier alpha value is 0.700. The predicted molar refractivity (Wildman–Crippen MR) is 54.0 cm³/mol. The van der Waals surface area contributed by atoms with Crippen molar-refractivity contribution >= 4 is 25.3 Å². The summed E-state index contributed by atoms with van der Waals surface area (Å²) in [6, 6.07) is 0. The lowest BCUT2D eigenvalue weighted by molar-refractivity contribution is 0.630. The molecule has 0 heterocycles. The molecule has 0 saturated carbocycles. The summed E-state index contributed by atoms with van der Waals surface area (Å²) in [7, 11) is 0. The van der Waals surface area contributed by atoms with Gasteiger partial charge in [0.1, 0.15) is 0 Å². The summed E-state index contributed by atoms with van der Waals surface area (Å²) in [5.41, 5.74) is 0. The molecule has 0 atom stereocenters. The van der Waals surface area contributed by atoms with Crippen molar-refractivity contribution in [3.8, 4) is 0 Å². The highest BCUT2D eigenvalue weighted by molar-refractivity contribution is 7.80. The molecule has 0 nitrogen and oxygen atoms in total. The fourth-order valence-electron chi connectivity index (χ4n) is 0.921. The first-order chi connectivity index (χ1) is 4.91. The minimum Gasteiger partial charge on any atom is -0.179 e. The molecule has 10 heavy (non-hydrogen) atoms. The van der Waals surface area contributed by atoms with Gasteiger partial charge in [0.2, 0.25) is 0 Å². The van der Waals surface area contributed by atoms with Gasteiger partial charge in [0.05, 0.1) is 0 Å². The van der Waals surface area contributed by atoms with Crippen molar-refractivity contribution in [2.75, 3.05) is 11.5 Å². The molecule has 0 saturated heterocycles. The van der Waals surface area contributed by atoms with Crippen LogP contribution >= 0.6 is 25.3 Å². The molecule has 0 aromatic rings. The Bertz CT molecular complexity index is 47.2. The summed E-state index contributed by atoms with van der Waals surface area (Å²) in [5, 5.41) is 0. The molecule has 2 heteroatoms. The zero-order valence-electron chi connectivity index (χ0n) is 6.51. The average molecular weight is 177 g/mol. The topological polar surface area (TPSA) is 0 Å². The van der Waals surface area contributed by atoms with Gasteiger partial charge in [-0.2, -0.15) is 12.6 Å². The summed E-state index contributed by atoms with van der Waals surface area (Å²) in [4.78, 5) is 0. The van der Waals surface area contributed by atoms with Gasteiger partial charge in [0.15, 0.2) is 0 Å². The van der Waals surface area contributed by atoms with Gasteiger partial charge in [-0.05, 0) is 18.6 Å². The van der Waals surface area contributed by atoms with Crippen molar-refractivity contribution in [3.05, 3.63) is 0 Å². The Labute approximate surface area is 75.6 Å². The Morgan fingerprint density at radius 1 is 0.800 bits per heavy atom.